The Bertz CT molecular complexity index is 639. The zero-order valence-corrected chi connectivity index (χ0v) is 12.0. The van der Waals surface area contributed by atoms with E-state index in [-0.39, 0.29) is 24.2 Å². The number of amides is 3. The Kier molecular flexibility index (Phi) is 4.85. The van der Waals surface area contributed by atoms with E-state index in [1.54, 1.807) is 29.6 Å². The highest BCUT2D eigenvalue weighted by atomic mass is 32.1. The van der Waals surface area contributed by atoms with Crippen LogP contribution in [0.15, 0.2) is 29.6 Å². The van der Waals surface area contributed by atoms with E-state index in [0.717, 1.165) is 0 Å². The molecule has 1 aromatic heterocycles. The van der Waals surface area contributed by atoms with Crippen LogP contribution in [0.25, 0.3) is 0 Å². The molecule has 0 atom stereocenters. The van der Waals surface area contributed by atoms with Crippen molar-refractivity contribution in [3.63, 3.8) is 0 Å². The fourth-order valence-electron chi connectivity index (χ4n) is 1.51. The monoisotopic (exact) mass is 306 g/mol. The summed E-state index contributed by atoms with van der Waals surface area (Å²) in [5, 5.41) is 18.7. The SMILES string of the molecule is CNC(=O)Nc1ccc(NC(=O)c2csc(CO)n2)cc1. The number of thiazole rings is 1. The first-order chi connectivity index (χ1) is 10.1. The number of nitrogens with one attached hydrogen (secondary N) is 3. The quantitative estimate of drug-likeness (QED) is 0.689. The van der Waals surface area contributed by atoms with Gasteiger partial charge in [0.1, 0.15) is 10.7 Å². The highest BCUT2D eigenvalue weighted by molar-refractivity contribution is 7.09. The van der Waals surface area contributed by atoms with Crippen molar-refractivity contribution in [2.24, 2.45) is 0 Å². The van der Waals surface area contributed by atoms with Crippen molar-refractivity contribution in [2.45, 2.75) is 6.61 Å². The van der Waals surface area contributed by atoms with E-state index in [0.29, 0.717) is 16.4 Å². The molecule has 0 fully saturated rings. The average molecular weight is 306 g/mol. The fourth-order valence-corrected chi connectivity index (χ4v) is 2.15. The van der Waals surface area contributed by atoms with E-state index in [1.165, 1.54) is 18.4 Å². The number of carbonyl (C=O) groups is 2. The van der Waals surface area contributed by atoms with Crippen LogP contribution in [0.3, 0.4) is 0 Å². The highest BCUT2D eigenvalue weighted by Crippen LogP contribution is 2.15. The summed E-state index contributed by atoms with van der Waals surface area (Å²) in [4.78, 5) is 27.0. The molecule has 0 saturated heterocycles. The van der Waals surface area contributed by atoms with Gasteiger partial charge in [0.15, 0.2) is 0 Å². The summed E-state index contributed by atoms with van der Waals surface area (Å²) in [7, 11) is 1.53. The van der Waals surface area contributed by atoms with Crippen molar-refractivity contribution >= 4 is 34.6 Å². The molecule has 0 radical (unpaired) electrons. The summed E-state index contributed by atoms with van der Waals surface area (Å²) >= 11 is 1.22. The number of carbonyl (C=O) groups excluding carboxylic acids is 2. The summed E-state index contributed by atoms with van der Waals surface area (Å²) in [6, 6.07) is 6.37. The second kappa shape index (κ2) is 6.82. The van der Waals surface area contributed by atoms with Gasteiger partial charge in [-0.2, -0.15) is 0 Å². The summed E-state index contributed by atoms with van der Waals surface area (Å²) < 4.78 is 0. The van der Waals surface area contributed by atoms with Gasteiger partial charge in [0.05, 0.1) is 6.61 Å². The van der Waals surface area contributed by atoms with Crippen LogP contribution in [-0.4, -0.2) is 29.1 Å². The lowest BCUT2D eigenvalue weighted by molar-refractivity contribution is 0.102. The maximum absolute atomic E-state index is 11.9. The number of aliphatic hydroxyl groups is 1. The fraction of sp³-hybridized carbons (Fsp3) is 0.154. The van der Waals surface area contributed by atoms with E-state index >= 15 is 0 Å². The standard InChI is InChI=1S/C13H14N4O3S/c1-14-13(20)16-9-4-2-8(3-5-9)15-12(19)10-7-21-11(6-18)17-10/h2-5,7,18H,6H2,1H3,(H,15,19)(H2,14,16,20). The Morgan fingerprint density at radius 1 is 1.19 bits per heavy atom. The topological polar surface area (TPSA) is 103 Å². The Hall–Kier alpha value is -2.45. The molecule has 2 rings (SSSR count). The Labute approximate surface area is 125 Å². The zero-order chi connectivity index (χ0) is 15.2. The number of hydrogen-bond donors (Lipinski definition) is 4. The smallest absolute Gasteiger partial charge is 0.318 e. The minimum atomic E-state index is -0.349. The van der Waals surface area contributed by atoms with Gasteiger partial charge in [0.25, 0.3) is 5.91 Å². The van der Waals surface area contributed by atoms with Gasteiger partial charge in [0, 0.05) is 23.8 Å². The van der Waals surface area contributed by atoms with Crippen molar-refractivity contribution < 1.29 is 14.7 Å². The molecule has 0 saturated carbocycles. The first kappa shape index (κ1) is 14.9. The van der Waals surface area contributed by atoms with E-state index in [2.05, 4.69) is 20.9 Å². The van der Waals surface area contributed by atoms with E-state index in [1.807, 2.05) is 0 Å². The minimum absolute atomic E-state index is 0.183. The molecular weight excluding hydrogens is 292 g/mol. The molecule has 21 heavy (non-hydrogen) atoms. The number of anilines is 2. The molecule has 0 aliphatic rings. The molecule has 110 valence electrons. The van der Waals surface area contributed by atoms with Gasteiger partial charge < -0.3 is 21.1 Å². The molecule has 0 spiro atoms. The van der Waals surface area contributed by atoms with Crippen LogP contribution in [0.2, 0.25) is 0 Å². The third-order valence-corrected chi connectivity index (χ3v) is 3.38. The molecule has 7 nitrogen and oxygen atoms in total. The molecule has 8 heteroatoms. The third-order valence-electron chi connectivity index (χ3n) is 2.55. The molecule has 1 heterocycles. The van der Waals surface area contributed by atoms with E-state index in [9.17, 15) is 9.59 Å². The second-order valence-corrected chi connectivity index (χ2v) is 4.96. The zero-order valence-electron chi connectivity index (χ0n) is 11.2. The number of urea groups is 1. The molecule has 2 aromatic rings. The molecule has 3 amide bonds. The highest BCUT2D eigenvalue weighted by Gasteiger charge is 2.10. The number of benzene rings is 1. The van der Waals surface area contributed by atoms with Crippen molar-refractivity contribution in [3.8, 4) is 0 Å². The first-order valence-electron chi connectivity index (χ1n) is 6.08. The average Bonchev–Trinajstić information content (AvgIpc) is 2.98. The lowest BCUT2D eigenvalue weighted by Gasteiger charge is -2.06. The number of hydrogen-bond acceptors (Lipinski definition) is 5. The predicted molar refractivity (Wildman–Crippen MR) is 80.5 cm³/mol. The Morgan fingerprint density at radius 2 is 1.81 bits per heavy atom. The van der Waals surface area contributed by atoms with Crippen LogP contribution in [0.1, 0.15) is 15.5 Å². The van der Waals surface area contributed by atoms with Crippen LogP contribution in [0.5, 0.6) is 0 Å². The summed E-state index contributed by atoms with van der Waals surface area (Å²) in [6.07, 6.45) is 0. The van der Waals surface area contributed by atoms with Gasteiger partial charge >= 0.3 is 6.03 Å². The summed E-state index contributed by atoms with van der Waals surface area (Å²) in [5.74, 6) is -0.349. The molecule has 4 N–H and O–H groups in total. The molecule has 0 unspecified atom stereocenters. The maximum Gasteiger partial charge on any atom is 0.318 e. The lowest BCUT2D eigenvalue weighted by atomic mass is 10.2. The molecule has 0 bridgehead atoms. The lowest BCUT2D eigenvalue weighted by Crippen LogP contribution is -2.24. The van der Waals surface area contributed by atoms with Gasteiger partial charge in [0.2, 0.25) is 0 Å². The van der Waals surface area contributed by atoms with Crippen LogP contribution < -0.4 is 16.0 Å². The van der Waals surface area contributed by atoms with Crippen molar-refractivity contribution in [2.75, 3.05) is 17.7 Å². The van der Waals surface area contributed by atoms with Crippen LogP contribution in [0.4, 0.5) is 16.2 Å². The van der Waals surface area contributed by atoms with Crippen LogP contribution in [0, 0.1) is 0 Å². The van der Waals surface area contributed by atoms with Crippen LogP contribution in [-0.2, 0) is 6.61 Å². The maximum atomic E-state index is 11.9. The first-order valence-corrected chi connectivity index (χ1v) is 6.95. The summed E-state index contributed by atoms with van der Waals surface area (Å²) in [5.41, 5.74) is 1.46. The molecule has 1 aromatic carbocycles. The Balaban J connectivity index is 1.99. The Morgan fingerprint density at radius 3 is 2.33 bits per heavy atom. The normalized spacial score (nSPS) is 10.0. The number of nitrogens with zero attached hydrogens (tertiary/aromatic N) is 1. The van der Waals surface area contributed by atoms with E-state index < -0.39 is 0 Å². The number of aliphatic hydroxyl groups excluding tert-OH is 1. The van der Waals surface area contributed by atoms with Crippen molar-refractivity contribution in [1.29, 1.82) is 0 Å². The minimum Gasteiger partial charge on any atom is -0.389 e. The van der Waals surface area contributed by atoms with E-state index in [4.69, 9.17) is 5.11 Å². The second-order valence-electron chi connectivity index (χ2n) is 4.02. The van der Waals surface area contributed by atoms with Gasteiger partial charge in [-0.1, -0.05) is 0 Å². The van der Waals surface area contributed by atoms with Crippen molar-refractivity contribution in [1.82, 2.24) is 10.3 Å². The largest absolute Gasteiger partial charge is 0.389 e. The predicted octanol–water partition coefficient (Wildman–Crippen LogP) is 1.64. The van der Waals surface area contributed by atoms with Crippen LogP contribution >= 0.6 is 11.3 Å². The number of aromatic nitrogens is 1. The third kappa shape index (κ3) is 4.01. The summed E-state index contributed by atoms with van der Waals surface area (Å²) in [6.45, 7) is -0.183. The molecule has 0 aliphatic carbocycles. The molecule has 0 aliphatic heterocycles. The van der Waals surface area contributed by atoms with Gasteiger partial charge in [-0.3, -0.25) is 4.79 Å². The molecular formula is C13H14N4O3S. The van der Waals surface area contributed by atoms with Gasteiger partial charge in [-0.15, -0.1) is 11.3 Å². The van der Waals surface area contributed by atoms with Gasteiger partial charge in [-0.25, -0.2) is 9.78 Å². The number of rotatable bonds is 4. The van der Waals surface area contributed by atoms with Crippen molar-refractivity contribution in [3.05, 3.63) is 40.3 Å². The van der Waals surface area contributed by atoms with Gasteiger partial charge in [-0.05, 0) is 24.3 Å².